The van der Waals surface area contributed by atoms with Crippen molar-refractivity contribution in [2.24, 2.45) is 0 Å². The Balaban J connectivity index is 2.14. The Morgan fingerprint density at radius 1 is 1.50 bits per heavy atom. The molecule has 86 valence electrons. The van der Waals surface area contributed by atoms with Crippen molar-refractivity contribution >= 4 is 5.97 Å². The van der Waals surface area contributed by atoms with Crippen LogP contribution in [0.25, 0.3) is 0 Å². The molecule has 0 aliphatic carbocycles. The summed E-state index contributed by atoms with van der Waals surface area (Å²) < 4.78 is 10.6. The van der Waals surface area contributed by atoms with Crippen LogP contribution in [0.15, 0.2) is 24.3 Å². The lowest BCUT2D eigenvalue weighted by Crippen LogP contribution is -2.38. The zero-order chi connectivity index (χ0) is 11.6. The van der Waals surface area contributed by atoms with E-state index in [1.54, 1.807) is 0 Å². The Labute approximate surface area is 95.4 Å². The van der Waals surface area contributed by atoms with E-state index in [4.69, 9.17) is 4.74 Å². The van der Waals surface area contributed by atoms with Gasteiger partial charge in [0.1, 0.15) is 11.4 Å². The molecule has 0 fully saturated rings. The fourth-order valence-corrected chi connectivity index (χ4v) is 2.03. The fourth-order valence-electron chi connectivity index (χ4n) is 2.03. The summed E-state index contributed by atoms with van der Waals surface area (Å²) in [4.78, 5) is 11.3. The second-order valence-corrected chi connectivity index (χ2v) is 4.41. The van der Waals surface area contributed by atoms with Crippen molar-refractivity contribution in [3.05, 3.63) is 29.8 Å². The molecule has 1 heterocycles. The lowest BCUT2D eigenvalue weighted by molar-refractivity contribution is -0.145. The van der Waals surface area contributed by atoms with Crippen molar-refractivity contribution in [3.8, 4) is 5.75 Å². The summed E-state index contributed by atoms with van der Waals surface area (Å²) in [6.07, 6.45) is 2.10. The molecule has 0 radical (unpaired) electrons. The fraction of sp³-hybridized carbons (Fsp3) is 0.462. The highest BCUT2D eigenvalue weighted by Gasteiger charge is 2.34. The van der Waals surface area contributed by atoms with Crippen LogP contribution in [0.1, 0.15) is 25.3 Å². The molecule has 1 aromatic rings. The molecule has 3 heteroatoms. The molecule has 0 spiro atoms. The molecule has 0 saturated heterocycles. The average molecular weight is 220 g/mol. The van der Waals surface area contributed by atoms with Crippen LogP contribution in [0.3, 0.4) is 0 Å². The van der Waals surface area contributed by atoms with Crippen molar-refractivity contribution in [3.63, 3.8) is 0 Å². The minimum atomic E-state index is -0.429. The molecule has 16 heavy (non-hydrogen) atoms. The van der Waals surface area contributed by atoms with Crippen LogP contribution in [-0.4, -0.2) is 18.7 Å². The van der Waals surface area contributed by atoms with E-state index in [-0.39, 0.29) is 5.97 Å². The van der Waals surface area contributed by atoms with Gasteiger partial charge < -0.3 is 9.47 Å². The quantitative estimate of drug-likeness (QED) is 0.717. The highest BCUT2D eigenvalue weighted by molar-refractivity contribution is 5.70. The Hall–Kier alpha value is -1.51. The van der Waals surface area contributed by atoms with Crippen molar-refractivity contribution in [2.75, 3.05) is 7.11 Å². The number of methoxy groups -OCH3 is 1. The first-order chi connectivity index (χ1) is 7.63. The lowest BCUT2D eigenvalue weighted by Gasteiger charge is -2.34. The van der Waals surface area contributed by atoms with E-state index in [0.717, 1.165) is 18.6 Å². The molecule has 0 N–H and O–H groups in total. The van der Waals surface area contributed by atoms with Gasteiger partial charge in [-0.05, 0) is 31.4 Å². The summed E-state index contributed by atoms with van der Waals surface area (Å²) in [7, 11) is 1.41. The normalized spacial score (nSPS) is 23.1. The predicted molar refractivity (Wildman–Crippen MR) is 60.4 cm³/mol. The summed E-state index contributed by atoms with van der Waals surface area (Å²) in [5, 5.41) is 0. The number of para-hydroxylation sites is 1. The minimum absolute atomic E-state index is 0.220. The molecule has 1 aliphatic rings. The van der Waals surface area contributed by atoms with Gasteiger partial charge in [0.2, 0.25) is 0 Å². The number of carbonyl (C=O) groups excluding carboxylic acids is 1. The second-order valence-electron chi connectivity index (χ2n) is 4.41. The number of benzene rings is 1. The molecule has 3 nitrogen and oxygen atoms in total. The highest BCUT2D eigenvalue weighted by atomic mass is 16.5. The number of hydrogen-bond donors (Lipinski definition) is 0. The van der Waals surface area contributed by atoms with Crippen molar-refractivity contribution in [1.82, 2.24) is 0 Å². The molecule has 0 bridgehead atoms. The summed E-state index contributed by atoms with van der Waals surface area (Å²) >= 11 is 0. The van der Waals surface area contributed by atoms with Crippen LogP contribution in [0.4, 0.5) is 0 Å². The maximum atomic E-state index is 11.3. The topological polar surface area (TPSA) is 35.5 Å². The summed E-state index contributed by atoms with van der Waals surface area (Å²) in [5.41, 5.74) is 0.784. The molecule has 1 aromatic carbocycles. The van der Waals surface area contributed by atoms with Gasteiger partial charge in [0.15, 0.2) is 0 Å². The molecule has 0 saturated carbocycles. The molecule has 2 rings (SSSR count). The van der Waals surface area contributed by atoms with Crippen molar-refractivity contribution in [2.45, 2.75) is 31.8 Å². The molecule has 0 unspecified atom stereocenters. The Bertz CT molecular complexity index is 400. The Kier molecular flexibility index (Phi) is 2.86. The smallest absolute Gasteiger partial charge is 0.309 e. The molecule has 1 aliphatic heterocycles. The SMILES string of the molecule is COC(=O)C[C@@]1(C)CCc2ccccc2O1. The van der Waals surface area contributed by atoms with E-state index in [1.807, 2.05) is 25.1 Å². The van der Waals surface area contributed by atoms with Gasteiger partial charge in [-0.3, -0.25) is 4.79 Å². The van der Waals surface area contributed by atoms with Crippen LogP contribution in [0, 0.1) is 0 Å². The average Bonchev–Trinajstić information content (AvgIpc) is 2.28. The Morgan fingerprint density at radius 2 is 2.25 bits per heavy atom. The van der Waals surface area contributed by atoms with Crippen LogP contribution >= 0.6 is 0 Å². The molecular weight excluding hydrogens is 204 g/mol. The summed E-state index contributed by atoms with van der Waals surface area (Å²) in [5.74, 6) is 0.669. The van der Waals surface area contributed by atoms with Gasteiger partial charge in [0, 0.05) is 0 Å². The number of ether oxygens (including phenoxy) is 2. The number of rotatable bonds is 2. The van der Waals surface area contributed by atoms with Crippen LogP contribution in [-0.2, 0) is 16.0 Å². The maximum absolute atomic E-state index is 11.3. The van der Waals surface area contributed by atoms with Crippen LogP contribution in [0.2, 0.25) is 0 Å². The van der Waals surface area contributed by atoms with Gasteiger partial charge in [-0.2, -0.15) is 0 Å². The van der Waals surface area contributed by atoms with Gasteiger partial charge in [-0.15, -0.1) is 0 Å². The molecule has 1 atom stereocenters. The molecular formula is C13H16O3. The second kappa shape index (κ2) is 4.16. The highest BCUT2D eigenvalue weighted by Crippen LogP contribution is 2.34. The molecule has 0 aromatic heterocycles. The third-order valence-corrected chi connectivity index (χ3v) is 3.00. The first-order valence-electron chi connectivity index (χ1n) is 5.47. The third kappa shape index (κ3) is 2.18. The number of carbonyl (C=O) groups is 1. The standard InChI is InChI=1S/C13H16O3/c1-13(9-12(14)15-2)8-7-10-5-3-4-6-11(10)16-13/h3-6H,7-9H2,1-2H3/t13-/m1/s1. The first-order valence-corrected chi connectivity index (χ1v) is 5.47. The van der Waals surface area contributed by atoms with E-state index < -0.39 is 5.60 Å². The summed E-state index contributed by atoms with van der Waals surface area (Å²) in [6, 6.07) is 7.96. The van der Waals surface area contributed by atoms with E-state index in [2.05, 4.69) is 10.8 Å². The predicted octanol–water partition coefficient (Wildman–Crippen LogP) is 2.33. The zero-order valence-electron chi connectivity index (χ0n) is 9.66. The lowest BCUT2D eigenvalue weighted by atomic mass is 9.90. The van der Waals surface area contributed by atoms with Gasteiger partial charge in [0.25, 0.3) is 0 Å². The number of hydrogen-bond acceptors (Lipinski definition) is 3. The first kappa shape index (κ1) is 11.0. The van der Waals surface area contributed by atoms with Gasteiger partial charge >= 0.3 is 5.97 Å². The van der Waals surface area contributed by atoms with Gasteiger partial charge in [-0.25, -0.2) is 0 Å². The van der Waals surface area contributed by atoms with Crippen LogP contribution < -0.4 is 4.74 Å². The Morgan fingerprint density at radius 3 is 3.00 bits per heavy atom. The summed E-state index contributed by atoms with van der Waals surface area (Å²) in [6.45, 7) is 1.96. The van der Waals surface area contributed by atoms with Crippen molar-refractivity contribution in [1.29, 1.82) is 0 Å². The van der Waals surface area contributed by atoms with Crippen molar-refractivity contribution < 1.29 is 14.3 Å². The van der Waals surface area contributed by atoms with Crippen LogP contribution in [0.5, 0.6) is 5.75 Å². The van der Waals surface area contributed by atoms with E-state index in [1.165, 1.54) is 12.7 Å². The number of aryl methyl sites for hydroxylation is 1. The van der Waals surface area contributed by atoms with E-state index >= 15 is 0 Å². The number of esters is 1. The minimum Gasteiger partial charge on any atom is -0.487 e. The van der Waals surface area contributed by atoms with E-state index in [0.29, 0.717) is 6.42 Å². The molecule has 0 amide bonds. The van der Waals surface area contributed by atoms with E-state index in [9.17, 15) is 4.79 Å². The largest absolute Gasteiger partial charge is 0.487 e. The van der Waals surface area contributed by atoms with Gasteiger partial charge in [0.05, 0.1) is 13.5 Å². The number of fused-ring (bicyclic) bond motifs is 1. The maximum Gasteiger partial charge on any atom is 0.309 e. The monoisotopic (exact) mass is 220 g/mol. The third-order valence-electron chi connectivity index (χ3n) is 3.00. The van der Waals surface area contributed by atoms with Gasteiger partial charge in [-0.1, -0.05) is 18.2 Å². The zero-order valence-corrected chi connectivity index (χ0v) is 9.66.